The van der Waals surface area contributed by atoms with Crippen LogP contribution in [0.4, 0.5) is 8.78 Å². The van der Waals surface area contributed by atoms with Gasteiger partial charge in [0.25, 0.3) is 0 Å². The number of unbranched alkanes of at least 4 members (excludes halogenated alkanes) is 1. The highest BCUT2D eigenvalue weighted by Gasteiger charge is 2.09. The van der Waals surface area contributed by atoms with E-state index in [1.807, 2.05) is 18.7 Å². The molecule has 0 saturated carbocycles. The first-order valence-electron chi connectivity index (χ1n) is 8.30. The van der Waals surface area contributed by atoms with E-state index in [9.17, 15) is 13.9 Å². The highest BCUT2D eigenvalue weighted by atomic mass is 127. The number of benzene rings is 1. The molecule has 0 radical (unpaired) electrons. The molecule has 0 aliphatic rings. The van der Waals surface area contributed by atoms with Gasteiger partial charge in [-0.1, -0.05) is 12.1 Å². The average molecular weight is 503 g/mol. The number of ether oxygens (including phenoxy) is 1. The van der Waals surface area contributed by atoms with E-state index in [2.05, 4.69) is 26.6 Å². The van der Waals surface area contributed by atoms with Gasteiger partial charge in [-0.05, 0) is 49.5 Å². The van der Waals surface area contributed by atoms with E-state index >= 15 is 0 Å². The van der Waals surface area contributed by atoms with E-state index in [0.717, 1.165) is 31.7 Å². The Labute approximate surface area is 175 Å². The molecule has 3 N–H and O–H groups in total. The molecule has 0 heterocycles. The largest absolute Gasteiger partial charge is 0.435 e. The Morgan fingerprint density at radius 2 is 1.92 bits per heavy atom. The lowest BCUT2D eigenvalue weighted by Crippen LogP contribution is -2.38. The summed E-state index contributed by atoms with van der Waals surface area (Å²) in [6, 6.07) is 5.93. The van der Waals surface area contributed by atoms with Gasteiger partial charge in [0.2, 0.25) is 0 Å². The lowest BCUT2D eigenvalue weighted by molar-refractivity contribution is -0.0498. The number of nitrogens with one attached hydrogen (secondary N) is 2. The molecule has 1 rings (SSSR count). The second kappa shape index (κ2) is 15.3. The predicted octanol–water partition coefficient (Wildman–Crippen LogP) is 3.64. The topological polar surface area (TPSA) is 65.9 Å². The first kappa shape index (κ1) is 25.2. The van der Waals surface area contributed by atoms with Gasteiger partial charge in [-0.15, -0.1) is 24.0 Å². The maximum atomic E-state index is 12.1. The van der Waals surface area contributed by atoms with Crippen molar-refractivity contribution in [3.05, 3.63) is 29.8 Å². The number of alkyl halides is 2. The summed E-state index contributed by atoms with van der Waals surface area (Å²) in [6.45, 7) is 0.845. The minimum absolute atomic E-state index is 0. The fourth-order valence-electron chi connectivity index (χ4n) is 2.07. The summed E-state index contributed by atoms with van der Waals surface area (Å²) in [6.07, 6.45) is 3.47. The van der Waals surface area contributed by atoms with E-state index in [1.165, 1.54) is 12.1 Å². The van der Waals surface area contributed by atoms with Crippen LogP contribution in [0.2, 0.25) is 0 Å². The zero-order valence-electron chi connectivity index (χ0n) is 15.1. The number of aliphatic hydroxyl groups is 1. The third kappa shape index (κ3) is 11.0. The van der Waals surface area contributed by atoms with Gasteiger partial charge >= 0.3 is 6.61 Å². The average Bonchev–Trinajstić information content (AvgIpc) is 2.59. The van der Waals surface area contributed by atoms with E-state index in [-0.39, 0.29) is 36.3 Å². The first-order valence-corrected chi connectivity index (χ1v) is 9.70. The zero-order valence-corrected chi connectivity index (χ0v) is 18.2. The molecule has 150 valence electrons. The summed E-state index contributed by atoms with van der Waals surface area (Å²) in [7, 11) is 0. The molecule has 0 bridgehead atoms. The highest BCUT2D eigenvalue weighted by molar-refractivity contribution is 14.0. The van der Waals surface area contributed by atoms with Crippen LogP contribution in [-0.4, -0.2) is 49.3 Å². The fourth-order valence-corrected chi connectivity index (χ4v) is 2.57. The van der Waals surface area contributed by atoms with Crippen LogP contribution in [0.5, 0.6) is 5.75 Å². The third-order valence-electron chi connectivity index (χ3n) is 3.32. The molecule has 0 amide bonds. The number of aliphatic imine (C=N–C) groups is 1. The van der Waals surface area contributed by atoms with Crippen molar-refractivity contribution >= 4 is 41.7 Å². The normalized spacial score (nSPS) is 12.5. The molecule has 1 aromatic rings. The minimum atomic E-state index is -2.86. The van der Waals surface area contributed by atoms with Crippen LogP contribution in [0.15, 0.2) is 29.3 Å². The van der Waals surface area contributed by atoms with Crippen molar-refractivity contribution in [1.82, 2.24) is 10.6 Å². The second-order valence-electron chi connectivity index (χ2n) is 5.31. The monoisotopic (exact) mass is 503 g/mol. The molecule has 1 unspecified atom stereocenters. The molecule has 1 aromatic carbocycles. The SMILES string of the molecule is CCNC(=NCC(O)c1ccc(OC(F)F)cc1)NCCCCSC.I. The van der Waals surface area contributed by atoms with Crippen LogP contribution >= 0.6 is 35.7 Å². The predicted molar refractivity (Wildman–Crippen MR) is 115 cm³/mol. The van der Waals surface area contributed by atoms with Crippen LogP contribution < -0.4 is 15.4 Å². The van der Waals surface area contributed by atoms with Gasteiger partial charge in [-0.25, -0.2) is 0 Å². The quantitative estimate of drug-likeness (QED) is 0.186. The lowest BCUT2D eigenvalue weighted by Gasteiger charge is -2.13. The number of hydrogen-bond acceptors (Lipinski definition) is 4. The maximum Gasteiger partial charge on any atom is 0.387 e. The molecule has 0 aliphatic heterocycles. The van der Waals surface area contributed by atoms with E-state index < -0.39 is 12.7 Å². The van der Waals surface area contributed by atoms with Crippen LogP contribution in [0, 0.1) is 0 Å². The molecule has 0 aromatic heterocycles. The summed E-state index contributed by atoms with van der Waals surface area (Å²) in [4.78, 5) is 4.37. The van der Waals surface area contributed by atoms with E-state index in [4.69, 9.17) is 0 Å². The summed E-state index contributed by atoms with van der Waals surface area (Å²) >= 11 is 1.83. The zero-order chi connectivity index (χ0) is 18.5. The van der Waals surface area contributed by atoms with Crippen molar-refractivity contribution in [1.29, 1.82) is 0 Å². The van der Waals surface area contributed by atoms with Gasteiger partial charge in [0.15, 0.2) is 5.96 Å². The summed E-state index contributed by atoms with van der Waals surface area (Å²) in [5.74, 6) is 1.86. The number of halogens is 3. The molecule has 9 heteroatoms. The van der Waals surface area contributed by atoms with Crippen molar-refractivity contribution in [2.24, 2.45) is 4.99 Å². The van der Waals surface area contributed by atoms with Crippen molar-refractivity contribution in [2.75, 3.05) is 31.6 Å². The lowest BCUT2D eigenvalue weighted by atomic mass is 10.1. The Bertz CT molecular complexity index is 507. The van der Waals surface area contributed by atoms with E-state index in [0.29, 0.717) is 11.5 Å². The number of thioether (sulfide) groups is 1. The standard InChI is InChI=1S/C17H27F2N3O2S.HI/c1-3-20-17(21-10-4-5-11-25-2)22-12-15(23)13-6-8-14(9-7-13)24-16(18)19;/h6-9,15-16,23H,3-5,10-12H2,1-2H3,(H2,20,21,22);1H. The number of rotatable bonds is 11. The number of nitrogens with zero attached hydrogens (tertiary/aromatic N) is 1. The Morgan fingerprint density at radius 3 is 2.50 bits per heavy atom. The summed E-state index contributed by atoms with van der Waals surface area (Å²) in [5, 5.41) is 16.6. The third-order valence-corrected chi connectivity index (χ3v) is 4.02. The molecule has 26 heavy (non-hydrogen) atoms. The summed E-state index contributed by atoms with van der Waals surface area (Å²) < 4.78 is 28.5. The molecule has 0 spiro atoms. The molecule has 1 atom stereocenters. The minimum Gasteiger partial charge on any atom is -0.435 e. The van der Waals surface area contributed by atoms with Gasteiger partial charge < -0.3 is 20.5 Å². The van der Waals surface area contributed by atoms with Crippen LogP contribution in [0.1, 0.15) is 31.4 Å². The molecule has 0 fully saturated rings. The molecular formula is C17H28F2IN3O2S. The van der Waals surface area contributed by atoms with Crippen LogP contribution in [-0.2, 0) is 0 Å². The second-order valence-corrected chi connectivity index (χ2v) is 6.30. The maximum absolute atomic E-state index is 12.1. The highest BCUT2D eigenvalue weighted by Crippen LogP contribution is 2.19. The Hall–Kier alpha value is -0.810. The number of aliphatic hydroxyl groups excluding tert-OH is 1. The van der Waals surface area contributed by atoms with Crippen LogP contribution in [0.25, 0.3) is 0 Å². The van der Waals surface area contributed by atoms with Crippen molar-refractivity contribution in [2.45, 2.75) is 32.5 Å². The van der Waals surface area contributed by atoms with Gasteiger partial charge in [0.05, 0.1) is 12.6 Å². The van der Waals surface area contributed by atoms with Gasteiger partial charge in [0, 0.05) is 13.1 Å². The van der Waals surface area contributed by atoms with Crippen molar-refractivity contribution in [3.8, 4) is 5.75 Å². The molecule has 0 saturated heterocycles. The Kier molecular flexibility index (Phi) is 14.8. The van der Waals surface area contributed by atoms with Crippen LogP contribution in [0.3, 0.4) is 0 Å². The number of hydrogen-bond donors (Lipinski definition) is 3. The van der Waals surface area contributed by atoms with Gasteiger partial charge in [-0.2, -0.15) is 20.5 Å². The fraction of sp³-hybridized carbons (Fsp3) is 0.588. The van der Waals surface area contributed by atoms with Crippen molar-refractivity contribution < 1.29 is 18.6 Å². The first-order chi connectivity index (χ1) is 12.1. The van der Waals surface area contributed by atoms with Crippen molar-refractivity contribution in [3.63, 3.8) is 0 Å². The molecular weight excluding hydrogens is 475 g/mol. The summed E-state index contributed by atoms with van der Waals surface area (Å²) in [5.41, 5.74) is 0.598. The number of guanidine groups is 1. The van der Waals surface area contributed by atoms with E-state index in [1.54, 1.807) is 12.1 Å². The molecule has 0 aliphatic carbocycles. The van der Waals surface area contributed by atoms with Gasteiger partial charge in [-0.3, -0.25) is 4.99 Å². The Balaban J connectivity index is 0.00000625. The Morgan fingerprint density at radius 1 is 1.23 bits per heavy atom. The molecule has 5 nitrogen and oxygen atoms in total. The van der Waals surface area contributed by atoms with Gasteiger partial charge in [0.1, 0.15) is 5.75 Å². The smallest absolute Gasteiger partial charge is 0.387 e.